The lowest BCUT2D eigenvalue weighted by Crippen LogP contribution is -2.42. The molecule has 1 aromatic carbocycles. The monoisotopic (exact) mass is 717 g/mol. The molecule has 14 heteroatoms. The van der Waals surface area contributed by atoms with E-state index in [2.05, 4.69) is 27.2 Å². The van der Waals surface area contributed by atoms with Gasteiger partial charge in [-0.05, 0) is 30.5 Å². The zero-order chi connectivity index (χ0) is 36.0. The van der Waals surface area contributed by atoms with Gasteiger partial charge in [-0.2, -0.15) is 0 Å². The Bertz CT molecular complexity index is 1420. The van der Waals surface area contributed by atoms with E-state index in [1.54, 1.807) is 28.8 Å². The molecule has 280 valence electrons. The Kier molecular flexibility index (Phi) is 19.3. The van der Waals surface area contributed by atoms with Crippen molar-refractivity contribution in [3.05, 3.63) is 42.5 Å². The quantitative estimate of drug-likeness (QED) is 0.0420. The summed E-state index contributed by atoms with van der Waals surface area (Å²) in [6.07, 6.45) is 22.6. The van der Waals surface area contributed by atoms with E-state index in [0.29, 0.717) is 24.1 Å². The van der Waals surface area contributed by atoms with Gasteiger partial charge >= 0.3 is 7.60 Å². The molecule has 0 bridgehead atoms. The summed E-state index contributed by atoms with van der Waals surface area (Å²) in [4.78, 5) is 35.1. The Labute approximate surface area is 297 Å². The number of aliphatic hydroxyl groups excluding tert-OH is 1. The fraction of sp³-hybridized carbons (Fsp3) is 0.667. The number of carbonyl (C=O) groups excluding carboxylic acids is 1. The lowest BCUT2D eigenvalue weighted by Gasteiger charge is -2.19. The van der Waals surface area contributed by atoms with Gasteiger partial charge in [0.05, 0.1) is 31.6 Å². The average molecular weight is 718 g/mol. The van der Waals surface area contributed by atoms with Gasteiger partial charge in [0.2, 0.25) is 5.91 Å². The highest BCUT2D eigenvalue weighted by atomic mass is 31.2. The first-order chi connectivity index (χ1) is 24.2. The molecular weight excluding hydrogens is 657 g/mol. The fourth-order valence-corrected chi connectivity index (χ4v) is 6.76. The summed E-state index contributed by atoms with van der Waals surface area (Å²) in [7, 11) is -4.22. The van der Waals surface area contributed by atoms with E-state index in [9.17, 15) is 19.4 Å². The number of nitrogens with zero attached hydrogens (tertiary/aromatic N) is 4. The van der Waals surface area contributed by atoms with Crippen LogP contribution >= 0.6 is 7.60 Å². The van der Waals surface area contributed by atoms with Crippen LogP contribution in [0.15, 0.2) is 36.9 Å². The second kappa shape index (κ2) is 23.4. The smallest absolute Gasteiger partial charge is 0.402 e. The Morgan fingerprint density at radius 3 is 2.06 bits per heavy atom. The molecule has 0 fully saturated rings. The minimum absolute atomic E-state index is 0.117. The average Bonchev–Trinajstić information content (AvgIpc) is 3.52. The summed E-state index contributed by atoms with van der Waals surface area (Å²) in [6.45, 7) is 2.58. The van der Waals surface area contributed by atoms with Gasteiger partial charge in [-0.3, -0.25) is 4.79 Å². The number of nitrogen functional groups attached to an aromatic ring is 1. The van der Waals surface area contributed by atoms with Gasteiger partial charge in [-0.25, -0.2) is 19.5 Å². The molecule has 1 amide bonds. The van der Waals surface area contributed by atoms with E-state index in [4.69, 9.17) is 20.7 Å². The number of fused-ring (bicyclic) bond motifs is 1. The maximum absolute atomic E-state index is 12.7. The van der Waals surface area contributed by atoms with Crippen LogP contribution in [0.25, 0.3) is 11.2 Å². The number of ether oxygens (including phenoxy) is 1. The normalized spacial score (nSPS) is 14.0. The Balaban J connectivity index is 1.23. The van der Waals surface area contributed by atoms with Gasteiger partial charge in [-0.1, -0.05) is 115 Å². The molecule has 1 unspecified atom stereocenters. The summed E-state index contributed by atoms with van der Waals surface area (Å²) >= 11 is 0. The van der Waals surface area contributed by atoms with E-state index >= 15 is 0 Å². The Hall–Kier alpha value is -3.09. The number of nitrogens with one attached hydrogen (secondary N) is 1. The first kappa shape index (κ1) is 41.3. The van der Waals surface area contributed by atoms with E-state index in [1.165, 1.54) is 103 Å². The standard InChI is InChI=1S/C36H60N7O6P/c1-2-3-4-5-6-7-8-9-10-11-12-13-14-15-16-17-22-39-36(45)32(37)23-29-18-20-30(21-19-29)49-50(46,47)28-48-31(25-44)24-43-27-42-33-34(38)40-26-41-35(33)43/h18-21,26-27,31-32,44H,2-17,22-25,28,37H2,1H3,(H,39,45)(H,46,47)(H2,38,40,41)/t31-,32-/m0/s1. The molecule has 0 saturated carbocycles. The predicted octanol–water partition coefficient (Wildman–Crippen LogP) is 6.26. The maximum Gasteiger partial charge on any atom is 0.402 e. The van der Waals surface area contributed by atoms with Crippen molar-refractivity contribution in [3.63, 3.8) is 0 Å². The molecule has 50 heavy (non-hydrogen) atoms. The van der Waals surface area contributed by atoms with Crippen molar-refractivity contribution in [1.82, 2.24) is 24.8 Å². The summed E-state index contributed by atoms with van der Waals surface area (Å²) < 4.78 is 25.1. The van der Waals surface area contributed by atoms with Crippen molar-refractivity contribution in [3.8, 4) is 5.75 Å². The second-order valence-corrected chi connectivity index (χ2v) is 14.9. The summed E-state index contributed by atoms with van der Waals surface area (Å²) in [6, 6.07) is 5.79. The van der Waals surface area contributed by atoms with E-state index in [0.717, 1.165) is 18.4 Å². The molecule has 0 saturated heterocycles. The summed E-state index contributed by atoms with van der Waals surface area (Å²) in [5.74, 6) is 0.194. The first-order valence-corrected chi connectivity index (χ1v) is 20.3. The molecule has 0 aliphatic carbocycles. The molecule has 0 spiro atoms. The van der Waals surface area contributed by atoms with Gasteiger partial charge in [0.1, 0.15) is 17.6 Å². The SMILES string of the molecule is CCCCCCCCCCCCCCCCCCNC(=O)[C@@H](N)Cc1ccc(OP(=O)(O)CO[C@H](CO)Cn2cnc3c(N)ncnc32)cc1. The van der Waals surface area contributed by atoms with Crippen LogP contribution in [0.3, 0.4) is 0 Å². The van der Waals surface area contributed by atoms with Crippen molar-refractivity contribution in [2.24, 2.45) is 5.73 Å². The number of hydrogen-bond acceptors (Lipinski definition) is 10. The van der Waals surface area contributed by atoms with Crippen LogP contribution in [0.4, 0.5) is 5.82 Å². The predicted molar refractivity (Wildman–Crippen MR) is 198 cm³/mol. The largest absolute Gasteiger partial charge is 0.423 e. The Morgan fingerprint density at radius 2 is 1.48 bits per heavy atom. The zero-order valence-corrected chi connectivity index (χ0v) is 30.8. The number of carbonyl (C=O) groups is 1. The zero-order valence-electron chi connectivity index (χ0n) is 29.9. The number of amides is 1. The topological polar surface area (TPSA) is 201 Å². The lowest BCUT2D eigenvalue weighted by molar-refractivity contribution is -0.122. The van der Waals surface area contributed by atoms with E-state index < -0.39 is 32.7 Å². The van der Waals surface area contributed by atoms with Crippen LogP contribution in [0.2, 0.25) is 0 Å². The van der Waals surface area contributed by atoms with E-state index in [-0.39, 0.29) is 24.0 Å². The molecule has 3 aromatic rings. The Morgan fingerprint density at radius 1 is 0.900 bits per heavy atom. The number of anilines is 1. The third-order valence-electron chi connectivity index (χ3n) is 8.80. The van der Waals surface area contributed by atoms with Gasteiger partial charge in [0.15, 0.2) is 17.8 Å². The molecule has 13 nitrogen and oxygen atoms in total. The molecule has 0 aliphatic rings. The highest BCUT2D eigenvalue weighted by molar-refractivity contribution is 7.53. The van der Waals surface area contributed by atoms with Gasteiger partial charge in [0, 0.05) is 6.54 Å². The molecule has 2 heterocycles. The third kappa shape index (κ3) is 15.9. The van der Waals surface area contributed by atoms with Crippen molar-refractivity contribution in [2.75, 3.05) is 25.2 Å². The summed E-state index contributed by atoms with van der Waals surface area (Å²) in [5, 5.41) is 12.7. The number of imidazole rings is 1. The second-order valence-electron chi connectivity index (χ2n) is 13.2. The summed E-state index contributed by atoms with van der Waals surface area (Å²) in [5.41, 5.74) is 13.6. The molecule has 7 N–H and O–H groups in total. The molecule has 0 aliphatic heterocycles. The molecular formula is C36H60N7O6P. The molecule has 3 atom stereocenters. The molecule has 0 radical (unpaired) electrons. The van der Waals surface area contributed by atoms with E-state index in [1.807, 2.05) is 0 Å². The lowest BCUT2D eigenvalue weighted by atomic mass is 10.0. The fourth-order valence-electron chi connectivity index (χ4n) is 5.85. The minimum atomic E-state index is -4.22. The number of benzene rings is 1. The van der Waals surface area contributed by atoms with Gasteiger partial charge in [0.25, 0.3) is 0 Å². The van der Waals surface area contributed by atoms with Crippen molar-refractivity contribution in [2.45, 2.75) is 135 Å². The number of hydrogen-bond donors (Lipinski definition) is 5. The van der Waals surface area contributed by atoms with Crippen LogP contribution in [0.1, 0.15) is 115 Å². The highest BCUT2D eigenvalue weighted by Crippen LogP contribution is 2.43. The minimum Gasteiger partial charge on any atom is -0.423 e. The van der Waals surface area contributed by atoms with Gasteiger partial charge in [-0.15, -0.1) is 0 Å². The number of aliphatic hydroxyl groups is 1. The van der Waals surface area contributed by atoms with Crippen molar-refractivity contribution < 1.29 is 28.6 Å². The number of rotatable bonds is 28. The van der Waals surface area contributed by atoms with Crippen LogP contribution in [-0.4, -0.2) is 67.1 Å². The molecule has 2 aromatic heterocycles. The number of unbranched alkanes of at least 4 members (excludes halogenated alkanes) is 15. The van der Waals surface area contributed by atoms with Crippen LogP contribution in [0, 0.1) is 0 Å². The maximum atomic E-state index is 12.7. The number of aromatic nitrogens is 4. The highest BCUT2D eigenvalue weighted by Gasteiger charge is 2.25. The third-order valence-corrected chi connectivity index (χ3v) is 9.77. The first-order valence-electron chi connectivity index (χ1n) is 18.5. The van der Waals surface area contributed by atoms with Crippen LogP contribution < -0.4 is 21.3 Å². The molecule has 3 rings (SSSR count). The number of nitrogens with two attached hydrogens (primary N) is 2. The van der Waals surface area contributed by atoms with Gasteiger partial charge < -0.3 is 40.6 Å². The van der Waals surface area contributed by atoms with Crippen LogP contribution in [0.5, 0.6) is 5.75 Å². The van der Waals surface area contributed by atoms with Crippen molar-refractivity contribution >= 4 is 30.5 Å². The van der Waals surface area contributed by atoms with Crippen LogP contribution in [-0.2, 0) is 27.1 Å². The van der Waals surface area contributed by atoms with Crippen molar-refractivity contribution in [1.29, 1.82) is 0 Å².